The number of nitrogen functional groups attached to an aromatic ring is 2. The van der Waals surface area contributed by atoms with Crippen LogP contribution in [0.3, 0.4) is 0 Å². The molecule has 0 amide bonds. The van der Waals surface area contributed by atoms with Crippen molar-refractivity contribution in [2.75, 3.05) is 11.5 Å². The first-order valence-electron chi connectivity index (χ1n) is 2.52. The molecular weight excluding hydrogens is 202 g/mol. The first kappa shape index (κ1) is 10.4. The summed E-state index contributed by atoms with van der Waals surface area (Å²) in [6.07, 6.45) is 0. The van der Waals surface area contributed by atoms with Crippen molar-refractivity contribution in [1.29, 1.82) is 0 Å². The van der Waals surface area contributed by atoms with E-state index in [1.165, 1.54) is 18.2 Å². The molecule has 0 spiro atoms. The molecule has 0 heterocycles. The van der Waals surface area contributed by atoms with E-state index in [1.54, 1.807) is 0 Å². The number of hydrogen-bond donors (Lipinski definition) is 2. The summed E-state index contributed by atoms with van der Waals surface area (Å²) in [5, 5.41) is 10.6. The summed E-state index contributed by atoms with van der Waals surface area (Å²) >= 11 is 0. The zero-order valence-electron chi connectivity index (χ0n) is 5.79. The number of benzene rings is 1. The molecule has 0 aromatic heterocycles. The van der Waals surface area contributed by atoms with Crippen molar-refractivity contribution < 1.29 is 63.3 Å². The van der Waals surface area contributed by atoms with Crippen LogP contribution in [0.15, 0.2) is 18.2 Å². The fourth-order valence-electron chi connectivity index (χ4n) is 0.567. The van der Waals surface area contributed by atoms with Crippen LogP contribution in [-0.4, -0.2) is 0 Å². The maximum absolute atomic E-state index is 10.6. The topological polar surface area (TPSA) is 75.1 Å². The zero-order chi connectivity index (χ0) is 6.85. The average Bonchev–Trinajstić information content (AvgIpc) is 1.80. The van der Waals surface area contributed by atoms with Crippen molar-refractivity contribution >= 4 is 11.4 Å². The fourth-order valence-corrected chi connectivity index (χ4v) is 0.567. The molecule has 0 fully saturated rings. The summed E-state index contributed by atoms with van der Waals surface area (Å²) in [5.41, 5.74) is 11.3. The van der Waals surface area contributed by atoms with Crippen LogP contribution in [0.2, 0.25) is 0 Å². The molecule has 0 unspecified atom stereocenters. The smallest absolute Gasteiger partial charge is 0.871 e. The molecule has 0 atom stereocenters. The SMILES string of the molecule is Nc1ccc([O-])c(N)c1.[Rb+]. The Bertz CT molecular complexity index is 227. The van der Waals surface area contributed by atoms with E-state index < -0.39 is 0 Å². The van der Waals surface area contributed by atoms with Gasteiger partial charge in [0.1, 0.15) is 0 Å². The predicted molar refractivity (Wildman–Crippen MR) is 34.7 cm³/mol. The molecule has 1 aromatic rings. The van der Waals surface area contributed by atoms with Crippen LogP contribution in [0.25, 0.3) is 0 Å². The van der Waals surface area contributed by atoms with Gasteiger partial charge < -0.3 is 16.6 Å². The van der Waals surface area contributed by atoms with Crippen molar-refractivity contribution in [1.82, 2.24) is 0 Å². The first-order chi connectivity index (χ1) is 4.20. The second-order valence-electron chi connectivity index (χ2n) is 1.80. The minimum Gasteiger partial charge on any atom is -0.871 e. The molecule has 48 valence electrons. The molecule has 1 rings (SSSR count). The van der Waals surface area contributed by atoms with Crippen molar-refractivity contribution in [3.05, 3.63) is 18.2 Å². The summed E-state index contributed by atoms with van der Waals surface area (Å²) in [7, 11) is 0. The molecule has 10 heavy (non-hydrogen) atoms. The third kappa shape index (κ3) is 2.58. The third-order valence-corrected chi connectivity index (χ3v) is 1.03. The predicted octanol–water partition coefficient (Wildman–Crippen LogP) is -3.07. The molecule has 3 nitrogen and oxygen atoms in total. The van der Waals surface area contributed by atoms with Crippen LogP contribution < -0.4 is 74.8 Å². The van der Waals surface area contributed by atoms with Gasteiger partial charge >= 0.3 is 58.2 Å². The largest absolute Gasteiger partial charge is 1.00 e. The molecule has 0 radical (unpaired) electrons. The Balaban J connectivity index is 0.000000810. The Morgan fingerprint density at radius 3 is 2.20 bits per heavy atom. The maximum atomic E-state index is 10.6. The Morgan fingerprint density at radius 2 is 1.80 bits per heavy atom. The Kier molecular flexibility index (Phi) is 4.52. The summed E-state index contributed by atoms with van der Waals surface area (Å²) in [5.74, 6) is -0.177. The van der Waals surface area contributed by atoms with Crippen molar-refractivity contribution in [2.24, 2.45) is 0 Å². The van der Waals surface area contributed by atoms with Gasteiger partial charge in [0.2, 0.25) is 0 Å². The van der Waals surface area contributed by atoms with Gasteiger partial charge in [-0.3, -0.25) is 0 Å². The number of anilines is 2. The van der Waals surface area contributed by atoms with Crippen molar-refractivity contribution in [3.63, 3.8) is 0 Å². The maximum Gasteiger partial charge on any atom is 1.00 e. The minimum atomic E-state index is -0.177. The molecule has 4 N–H and O–H groups in total. The first-order valence-corrected chi connectivity index (χ1v) is 2.52. The number of hydrogen-bond acceptors (Lipinski definition) is 3. The Morgan fingerprint density at radius 1 is 1.20 bits per heavy atom. The molecule has 0 aliphatic carbocycles. The quantitative estimate of drug-likeness (QED) is 0.445. The van der Waals surface area contributed by atoms with Crippen LogP contribution in [-0.2, 0) is 0 Å². The Hall–Kier alpha value is 0.425. The molecule has 4 heteroatoms. The van der Waals surface area contributed by atoms with E-state index in [0.29, 0.717) is 5.69 Å². The standard InChI is InChI=1S/C6H8N2O.Rb/c7-4-1-2-6(9)5(8)3-4;/h1-3,9H,7-8H2;/q;+1/p-1. The van der Waals surface area contributed by atoms with E-state index in [9.17, 15) is 5.11 Å². The van der Waals surface area contributed by atoms with Gasteiger partial charge in [0.25, 0.3) is 0 Å². The molecule has 1 aromatic carbocycles. The number of nitrogens with two attached hydrogens (primary N) is 2. The fraction of sp³-hybridized carbons (Fsp3) is 0. The average molecular weight is 209 g/mol. The van der Waals surface area contributed by atoms with Gasteiger partial charge in [-0.2, -0.15) is 0 Å². The van der Waals surface area contributed by atoms with Crippen molar-refractivity contribution in [2.45, 2.75) is 0 Å². The molecule has 0 bridgehead atoms. The van der Waals surface area contributed by atoms with Gasteiger partial charge in [0.15, 0.2) is 0 Å². The summed E-state index contributed by atoms with van der Waals surface area (Å²) in [6, 6.07) is 4.33. The van der Waals surface area contributed by atoms with Crippen LogP contribution >= 0.6 is 0 Å². The van der Waals surface area contributed by atoms with Gasteiger partial charge in [-0.25, -0.2) is 0 Å². The van der Waals surface area contributed by atoms with E-state index in [4.69, 9.17) is 11.5 Å². The van der Waals surface area contributed by atoms with E-state index >= 15 is 0 Å². The second kappa shape index (κ2) is 4.33. The molecule has 0 aliphatic heterocycles. The van der Waals surface area contributed by atoms with Gasteiger partial charge in [-0.15, -0.1) is 0 Å². The molecule has 0 aliphatic rings. The van der Waals surface area contributed by atoms with E-state index in [0.717, 1.165) is 0 Å². The van der Waals surface area contributed by atoms with Gasteiger partial charge in [0, 0.05) is 11.4 Å². The monoisotopic (exact) mass is 208 g/mol. The zero-order valence-corrected chi connectivity index (χ0v) is 10.7. The normalized spacial score (nSPS) is 8.40. The second-order valence-corrected chi connectivity index (χ2v) is 1.80. The van der Waals surface area contributed by atoms with E-state index in [1.807, 2.05) is 0 Å². The summed E-state index contributed by atoms with van der Waals surface area (Å²) < 4.78 is 0. The molecule has 0 saturated carbocycles. The van der Waals surface area contributed by atoms with Crippen molar-refractivity contribution in [3.8, 4) is 5.75 Å². The van der Waals surface area contributed by atoms with Crippen LogP contribution in [0.5, 0.6) is 5.75 Å². The van der Waals surface area contributed by atoms with Gasteiger partial charge in [-0.1, -0.05) is 11.8 Å². The Labute approximate surface area is 108 Å². The third-order valence-electron chi connectivity index (χ3n) is 1.03. The van der Waals surface area contributed by atoms with E-state index in [-0.39, 0.29) is 69.6 Å². The van der Waals surface area contributed by atoms with Crippen LogP contribution in [0.1, 0.15) is 0 Å². The summed E-state index contributed by atoms with van der Waals surface area (Å²) in [4.78, 5) is 0. The number of rotatable bonds is 0. The minimum absolute atomic E-state index is 0. The van der Waals surface area contributed by atoms with Crippen LogP contribution in [0, 0.1) is 0 Å². The van der Waals surface area contributed by atoms with E-state index in [2.05, 4.69) is 0 Å². The van der Waals surface area contributed by atoms with Gasteiger partial charge in [-0.05, 0) is 12.1 Å². The van der Waals surface area contributed by atoms with Crippen LogP contribution in [0.4, 0.5) is 11.4 Å². The molecular formula is C6H7N2ORb. The summed E-state index contributed by atoms with van der Waals surface area (Å²) in [6.45, 7) is 0. The van der Waals surface area contributed by atoms with Gasteiger partial charge in [0.05, 0.1) is 0 Å². The molecule has 0 saturated heterocycles.